The van der Waals surface area contributed by atoms with Gasteiger partial charge in [0.1, 0.15) is 11.4 Å². The lowest BCUT2D eigenvalue weighted by atomic mass is 9.98. The number of benzene rings is 1. The summed E-state index contributed by atoms with van der Waals surface area (Å²) in [6.45, 7) is 2.25. The van der Waals surface area contributed by atoms with Gasteiger partial charge < -0.3 is 27.3 Å². The fourth-order valence-corrected chi connectivity index (χ4v) is 2.32. The Morgan fingerprint density at radius 2 is 2.00 bits per heavy atom. The Kier molecular flexibility index (Phi) is 5.26. The van der Waals surface area contributed by atoms with Crippen LogP contribution in [0.1, 0.15) is 12.5 Å². The van der Waals surface area contributed by atoms with Crippen molar-refractivity contribution in [3.8, 4) is 16.9 Å². The lowest BCUT2D eigenvalue weighted by molar-refractivity contribution is -0.117. The second kappa shape index (κ2) is 7.36. The van der Waals surface area contributed by atoms with E-state index >= 15 is 0 Å². The number of carbonyl (C=O) groups is 1. The van der Waals surface area contributed by atoms with Crippen molar-refractivity contribution in [2.24, 2.45) is 11.5 Å². The zero-order valence-electron chi connectivity index (χ0n) is 13.7. The fraction of sp³-hybridized carbons (Fsp3) is 0.176. The summed E-state index contributed by atoms with van der Waals surface area (Å²) in [6.07, 6.45) is 3.28. The average Bonchev–Trinajstić information content (AvgIpc) is 2.61. The Hall–Kier alpha value is -3.22. The highest BCUT2D eigenvalue weighted by Crippen LogP contribution is 2.35. The standard InChI is InChI=1S/C17H21N5O2/c1-3-22-17(23)16(20)15(19)11-6-4-5-10(14(11)18)12-9-21-8-7-13(12)24-2/h4-9H,3,18-20H2,1-2H3,(H,22,23)/b16-15+. The van der Waals surface area contributed by atoms with Crippen molar-refractivity contribution >= 4 is 17.3 Å². The molecule has 1 aromatic heterocycles. The molecule has 0 atom stereocenters. The maximum absolute atomic E-state index is 11.9. The van der Waals surface area contributed by atoms with E-state index in [9.17, 15) is 4.79 Å². The molecule has 0 spiro atoms. The largest absolute Gasteiger partial charge is 0.496 e. The van der Waals surface area contributed by atoms with Crippen LogP contribution in [0, 0.1) is 0 Å². The van der Waals surface area contributed by atoms with Crippen LogP contribution in [0.3, 0.4) is 0 Å². The van der Waals surface area contributed by atoms with Crippen LogP contribution in [0.25, 0.3) is 16.8 Å². The summed E-state index contributed by atoms with van der Waals surface area (Å²) >= 11 is 0. The Bertz CT molecular complexity index is 786. The highest BCUT2D eigenvalue weighted by atomic mass is 16.5. The van der Waals surface area contributed by atoms with Gasteiger partial charge in [-0.15, -0.1) is 0 Å². The van der Waals surface area contributed by atoms with E-state index in [1.807, 2.05) is 6.07 Å². The first-order chi connectivity index (χ1) is 11.5. The lowest BCUT2D eigenvalue weighted by Gasteiger charge is -2.15. The molecular formula is C17H21N5O2. The van der Waals surface area contributed by atoms with Gasteiger partial charge in [-0.2, -0.15) is 0 Å². The van der Waals surface area contributed by atoms with E-state index < -0.39 is 5.91 Å². The highest BCUT2D eigenvalue weighted by Gasteiger charge is 2.16. The number of pyridine rings is 1. The number of ether oxygens (including phenoxy) is 1. The van der Waals surface area contributed by atoms with E-state index in [-0.39, 0.29) is 11.4 Å². The smallest absolute Gasteiger partial charge is 0.269 e. The molecule has 0 fully saturated rings. The molecule has 0 aliphatic heterocycles. The molecule has 2 aromatic rings. The van der Waals surface area contributed by atoms with Gasteiger partial charge in [0.05, 0.1) is 12.8 Å². The van der Waals surface area contributed by atoms with E-state index in [2.05, 4.69) is 10.3 Å². The van der Waals surface area contributed by atoms with Crippen molar-refractivity contribution in [1.82, 2.24) is 10.3 Å². The molecule has 1 aromatic carbocycles. The molecule has 126 valence electrons. The molecule has 0 aliphatic carbocycles. The van der Waals surface area contributed by atoms with Crippen molar-refractivity contribution in [1.29, 1.82) is 0 Å². The molecule has 7 N–H and O–H groups in total. The van der Waals surface area contributed by atoms with Crippen molar-refractivity contribution in [3.63, 3.8) is 0 Å². The van der Waals surface area contributed by atoms with Crippen molar-refractivity contribution in [2.75, 3.05) is 19.4 Å². The number of nitrogens with two attached hydrogens (primary N) is 3. The van der Waals surface area contributed by atoms with Gasteiger partial charge in [-0.25, -0.2) is 0 Å². The fourth-order valence-electron chi connectivity index (χ4n) is 2.32. The number of likely N-dealkylation sites (N-methyl/N-ethyl adjacent to an activating group) is 1. The molecule has 7 heteroatoms. The second-order valence-electron chi connectivity index (χ2n) is 5.03. The van der Waals surface area contributed by atoms with Gasteiger partial charge in [0.2, 0.25) is 0 Å². The van der Waals surface area contributed by atoms with Crippen LogP contribution in [0.4, 0.5) is 5.69 Å². The molecule has 1 heterocycles. The third kappa shape index (κ3) is 3.24. The van der Waals surface area contributed by atoms with E-state index in [0.717, 1.165) is 5.56 Å². The van der Waals surface area contributed by atoms with Gasteiger partial charge in [-0.3, -0.25) is 9.78 Å². The first-order valence-corrected chi connectivity index (χ1v) is 7.41. The van der Waals surface area contributed by atoms with Crippen molar-refractivity contribution in [3.05, 3.63) is 47.9 Å². The van der Waals surface area contributed by atoms with Crippen LogP contribution < -0.4 is 27.3 Å². The molecular weight excluding hydrogens is 306 g/mol. The first-order valence-electron chi connectivity index (χ1n) is 7.41. The molecule has 0 aliphatic rings. The van der Waals surface area contributed by atoms with Gasteiger partial charge in [0.25, 0.3) is 5.91 Å². The number of nitrogen functional groups attached to an aromatic ring is 1. The number of nitrogens with zero attached hydrogens (tertiary/aromatic N) is 1. The number of para-hydroxylation sites is 1. The van der Waals surface area contributed by atoms with E-state index in [0.29, 0.717) is 29.1 Å². The van der Waals surface area contributed by atoms with Crippen LogP contribution in [0.5, 0.6) is 5.75 Å². The number of hydrogen-bond acceptors (Lipinski definition) is 6. The number of carbonyl (C=O) groups excluding carboxylic acids is 1. The monoisotopic (exact) mass is 327 g/mol. The summed E-state index contributed by atoms with van der Waals surface area (Å²) < 4.78 is 5.35. The Balaban J connectivity index is 2.56. The van der Waals surface area contributed by atoms with Crippen molar-refractivity contribution < 1.29 is 9.53 Å². The zero-order valence-corrected chi connectivity index (χ0v) is 13.7. The van der Waals surface area contributed by atoms with Crippen LogP contribution in [0.15, 0.2) is 42.4 Å². The normalized spacial score (nSPS) is 11.6. The number of nitrogens with one attached hydrogen (secondary N) is 1. The second-order valence-corrected chi connectivity index (χ2v) is 5.03. The molecule has 2 rings (SSSR count). The topological polar surface area (TPSA) is 129 Å². The predicted octanol–water partition coefficient (Wildman–Crippen LogP) is 1.06. The molecule has 24 heavy (non-hydrogen) atoms. The summed E-state index contributed by atoms with van der Waals surface area (Å²) in [6, 6.07) is 7.06. The third-order valence-electron chi connectivity index (χ3n) is 3.56. The highest BCUT2D eigenvalue weighted by molar-refractivity contribution is 6.01. The third-order valence-corrected chi connectivity index (χ3v) is 3.56. The summed E-state index contributed by atoms with van der Waals surface area (Å²) in [7, 11) is 1.57. The molecule has 0 saturated carbocycles. The number of amides is 1. The summed E-state index contributed by atoms with van der Waals surface area (Å²) in [5, 5.41) is 2.61. The minimum Gasteiger partial charge on any atom is -0.496 e. The molecule has 0 bridgehead atoms. The number of aromatic nitrogens is 1. The quantitative estimate of drug-likeness (QED) is 0.480. The number of anilines is 1. The molecule has 0 radical (unpaired) electrons. The number of hydrogen-bond donors (Lipinski definition) is 4. The maximum atomic E-state index is 11.9. The minimum atomic E-state index is -0.432. The zero-order chi connectivity index (χ0) is 17.7. The van der Waals surface area contributed by atoms with E-state index in [4.69, 9.17) is 21.9 Å². The van der Waals surface area contributed by atoms with Crippen LogP contribution in [0.2, 0.25) is 0 Å². The summed E-state index contributed by atoms with van der Waals surface area (Å²) in [4.78, 5) is 16.0. The maximum Gasteiger partial charge on any atom is 0.269 e. The SMILES string of the molecule is CCNC(=O)/C(N)=C(\N)c1cccc(-c2cnccc2OC)c1N. The minimum absolute atomic E-state index is 0.0705. The number of methoxy groups -OCH3 is 1. The average molecular weight is 327 g/mol. The number of rotatable bonds is 5. The van der Waals surface area contributed by atoms with Gasteiger partial charge in [-0.05, 0) is 13.0 Å². The Morgan fingerprint density at radius 3 is 2.67 bits per heavy atom. The van der Waals surface area contributed by atoms with Gasteiger partial charge in [-0.1, -0.05) is 18.2 Å². The van der Waals surface area contributed by atoms with Crippen LogP contribution in [-0.2, 0) is 4.79 Å². The van der Waals surface area contributed by atoms with E-state index in [1.54, 1.807) is 44.6 Å². The Morgan fingerprint density at radius 1 is 1.25 bits per heavy atom. The van der Waals surface area contributed by atoms with E-state index in [1.165, 1.54) is 0 Å². The molecule has 7 nitrogen and oxygen atoms in total. The summed E-state index contributed by atoms with van der Waals surface area (Å²) in [5.74, 6) is 0.201. The lowest BCUT2D eigenvalue weighted by Crippen LogP contribution is -2.30. The molecule has 0 unspecified atom stereocenters. The first kappa shape index (κ1) is 17.1. The Labute approximate surface area is 140 Å². The van der Waals surface area contributed by atoms with Crippen molar-refractivity contribution in [2.45, 2.75) is 6.92 Å². The predicted molar refractivity (Wildman–Crippen MR) is 94.6 cm³/mol. The summed E-state index contributed by atoms with van der Waals surface area (Å²) in [5.41, 5.74) is 20.5. The molecule has 1 amide bonds. The van der Waals surface area contributed by atoms with Crippen LogP contribution in [-0.4, -0.2) is 24.5 Å². The van der Waals surface area contributed by atoms with Gasteiger partial charge >= 0.3 is 0 Å². The van der Waals surface area contributed by atoms with Gasteiger partial charge in [0.15, 0.2) is 0 Å². The van der Waals surface area contributed by atoms with Crippen LogP contribution >= 0.6 is 0 Å². The van der Waals surface area contributed by atoms with Gasteiger partial charge in [0, 0.05) is 41.3 Å². The molecule has 0 saturated heterocycles.